The van der Waals surface area contributed by atoms with Gasteiger partial charge in [0.1, 0.15) is 0 Å². The Balaban J connectivity index is 1.42. The summed E-state index contributed by atoms with van der Waals surface area (Å²) in [5, 5.41) is 7.06. The van der Waals surface area contributed by atoms with Crippen molar-refractivity contribution in [2.45, 2.75) is 56.2 Å². The van der Waals surface area contributed by atoms with Gasteiger partial charge >= 0.3 is 0 Å². The average molecular weight is 324 g/mol. The monoisotopic (exact) mass is 324 g/mol. The van der Waals surface area contributed by atoms with Crippen LogP contribution in [0.2, 0.25) is 0 Å². The van der Waals surface area contributed by atoms with Crippen molar-refractivity contribution in [1.82, 2.24) is 15.5 Å². The molecule has 23 heavy (non-hydrogen) atoms. The fourth-order valence-corrected chi connectivity index (χ4v) is 3.68. The second kappa shape index (κ2) is 7.81. The molecule has 2 saturated heterocycles. The Labute approximate surface area is 140 Å². The van der Waals surface area contributed by atoms with E-state index in [4.69, 9.17) is 9.47 Å². The van der Waals surface area contributed by atoms with Gasteiger partial charge in [-0.25, -0.2) is 0 Å². The summed E-state index contributed by atoms with van der Waals surface area (Å²) in [5.74, 6) is 0.901. The first-order valence-electron chi connectivity index (χ1n) is 9.09. The van der Waals surface area contributed by atoms with Crippen LogP contribution in [-0.4, -0.2) is 75.5 Å². The van der Waals surface area contributed by atoms with Crippen LogP contribution in [0.15, 0.2) is 4.99 Å². The minimum absolute atomic E-state index is 0.120. The second-order valence-corrected chi connectivity index (χ2v) is 7.11. The minimum Gasteiger partial charge on any atom is -0.381 e. The summed E-state index contributed by atoms with van der Waals surface area (Å²) < 4.78 is 11.2. The van der Waals surface area contributed by atoms with Gasteiger partial charge in [-0.2, -0.15) is 0 Å². The van der Waals surface area contributed by atoms with Gasteiger partial charge in [0.05, 0.1) is 5.60 Å². The van der Waals surface area contributed by atoms with Gasteiger partial charge in [0.25, 0.3) is 0 Å². The number of likely N-dealkylation sites (tertiary alicyclic amines) is 1. The first-order chi connectivity index (χ1) is 11.2. The molecule has 0 unspecified atom stereocenters. The van der Waals surface area contributed by atoms with Crippen molar-refractivity contribution >= 4 is 5.96 Å². The summed E-state index contributed by atoms with van der Waals surface area (Å²) in [6.45, 7) is 4.78. The van der Waals surface area contributed by atoms with Crippen LogP contribution in [0, 0.1) is 0 Å². The molecule has 0 aromatic heterocycles. The van der Waals surface area contributed by atoms with E-state index in [9.17, 15) is 0 Å². The molecular weight excluding hydrogens is 292 g/mol. The molecule has 0 spiro atoms. The van der Waals surface area contributed by atoms with Crippen molar-refractivity contribution < 1.29 is 9.47 Å². The van der Waals surface area contributed by atoms with Gasteiger partial charge < -0.3 is 25.0 Å². The summed E-state index contributed by atoms with van der Waals surface area (Å²) in [5.41, 5.74) is -0.120. The largest absolute Gasteiger partial charge is 0.381 e. The third-order valence-electron chi connectivity index (χ3n) is 5.57. The van der Waals surface area contributed by atoms with Gasteiger partial charge in [-0.1, -0.05) is 0 Å². The van der Waals surface area contributed by atoms with Crippen LogP contribution >= 0.6 is 0 Å². The molecule has 2 heterocycles. The number of methoxy groups -OCH3 is 1. The molecule has 0 bridgehead atoms. The van der Waals surface area contributed by atoms with Gasteiger partial charge in [-0.3, -0.25) is 4.99 Å². The summed E-state index contributed by atoms with van der Waals surface area (Å²) in [6.07, 6.45) is 7.11. The predicted molar refractivity (Wildman–Crippen MR) is 91.9 cm³/mol. The van der Waals surface area contributed by atoms with E-state index in [0.717, 1.165) is 44.6 Å². The number of guanidine groups is 1. The van der Waals surface area contributed by atoms with Crippen molar-refractivity contribution in [2.24, 2.45) is 4.99 Å². The molecule has 132 valence electrons. The number of piperidine rings is 1. The van der Waals surface area contributed by atoms with Crippen LogP contribution in [0.3, 0.4) is 0 Å². The van der Waals surface area contributed by atoms with Gasteiger partial charge in [-0.15, -0.1) is 0 Å². The van der Waals surface area contributed by atoms with Crippen molar-refractivity contribution in [3.63, 3.8) is 0 Å². The predicted octanol–water partition coefficient (Wildman–Crippen LogP) is 0.974. The zero-order valence-electron chi connectivity index (χ0n) is 14.6. The maximum atomic E-state index is 5.78. The van der Waals surface area contributed by atoms with Crippen LogP contribution in [0.4, 0.5) is 0 Å². The normalized spacial score (nSPS) is 27.0. The van der Waals surface area contributed by atoms with E-state index < -0.39 is 0 Å². The molecule has 6 heteroatoms. The lowest BCUT2D eigenvalue weighted by atomic mass is 9.94. The molecule has 0 aromatic carbocycles. The van der Waals surface area contributed by atoms with Crippen LogP contribution < -0.4 is 10.6 Å². The maximum Gasteiger partial charge on any atom is 0.191 e. The van der Waals surface area contributed by atoms with E-state index in [1.807, 2.05) is 7.05 Å². The quantitative estimate of drug-likeness (QED) is 0.583. The van der Waals surface area contributed by atoms with Crippen molar-refractivity contribution in [1.29, 1.82) is 0 Å². The van der Waals surface area contributed by atoms with Crippen molar-refractivity contribution in [3.8, 4) is 0 Å². The van der Waals surface area contributed by atoms with Gasteiger partial charge in [0.15, 0.2) is 5.96 Å². The molecule has 1 aliphatic carbocycles. The van der Waals surface area contributed by atoms with E-state index in [1.165, 1.54) is 38.8 Å². The first kappa shape index (κ1) is 17.0. The van der Waals surface area contributed by atoms with E-state index in [2.05, 4.69) is 20.5 Å². The molecule has 3 fully saturated rings. The molecule has 1 saturated carbocycles. The number of nitrogens with zero attached hydrogens (tertiary/aromatic N) is 2. The minimum atomic E-state index is -0.120. The van der Waals surface area contributed by atoms with E-state index >= 15 is 0 Å². The molecule has 3 aliphatic rings. The lowest BCUT2D eigenvalue weighted by molar-refractivity contribution is -0.0855. The number of rotatable bonds is 5. The molecule has 6 nitrogen and oxygen atoms in total. The molecule has 0 atom stereocenters. The Morgan fingerprint density at radius 2 is 1.91 bits per heavy atom. The summed E-state index contributed by atoms with van der Waals surface area (Å²) >= 11 is 0. The molecule has 2 aliphatic heterocycles. The van der Waals surface area contributed by atoms with Crippen molar-refractivity contribution in [3.05, 3.63) is 0 Å². The van der Waals surface area contributed by atoms with Crippen molar-refractivity contribution in [2.75, 3.05) is 47.0 Å². The van der Waals surface area contributed by atoms with Gasteiger partial charge in [0, 0.05) is 71.9 Å². The fourth-order valence-electron chi connectivity index (χ4n) is 3.68. The highest BCUT2D eigenvalue weighted by molar-refractivity contribution is 5.80. The summed E-state index contributed by atoms with van der Waals surface area (Å²) in [4.78, 5) is 7.04. The standard InChI is InChI=1S/C17H32N4O2/c1-18-16(19-13-17(22-2)7-11-23-12-8-17)20-14-5-9-21(10-6-14)15-3-4-15/h14-15H,3-13H2,1-2H3,(H2,18,19,20). The number of ether oxygens (including phenoxy) is 2. The highest BCUT2D eigenvalue weighted by Crippen LogP contribution is 2.29. The fraction of sp³-hybridized carbons (Fsp3) is 0.941. The van der Waals surface area contributed by atoms with E-state index in [-0.39, 0.29) is 5.60 Å². The van der Waals surface area contributed by atoms with Crippen LogP contribution in [0.1, 0.15) is 38.5 Å². The molecule has 0 aromatic rings. The zero-order chi connectivity index (χ0) is 16.1. The number of hydrogen-bond acceptors (Lipinski definition) is 4. The first-order valence-corrected chi connectivity index (χ1v) is 9.09. The maximum absolute atomic E-state index is 5.78. The Morgan fingerprint density at radius 3 is 2.48 bits per heavy atom. The second-order valence-electron chi connectivity index (χ2n) is 7.11. The third-order valence-corrected chi connectivity index (χ3v) is 5.57. The Hall–Kier alpha value is -0.850. The molecule has 2 N–H and O–H groups in total. The molecule has 3 rings (SSSR count). The number of hydrogen-bond donors (Lipinski definition) is 2. The summed E-state index contributed by atoms with van der Waals surface area (Å²) in [6, 6.07) is 1.42. The summed E-state index contributed by atoms with van der Waals surface area (Å²) in [7, 11) is 3.65. The number of nitrogens with one attached hydrogen (secondary N) is 2. The highest BCUT2D eigenvalue weighted by Gasteiger charge is 2.34. The van der Waals surface area contributed by atoms with Gasteiger partial charge in [-0.05, 0) is 25.7 Å². The average Bonchev–Trinajstić information content (AvgIpc) is 3.45. The Morgan fingerprint density at radius 1 is 1.22 bits per heavy atom. The lowest BCUT2D eigenvalue weighted by Gasteiger charge is -2.37. The molecule has 0 radical (unpaired) electrons. The number of aliphatic imine (C=N–C) groups is 1. The van der Waals surface area contributed by atoms with Gasteiger partial charge in [0.2, 0.25) is 0 Å². The van der Waals surface area contributed by atoms with Crippen LogP contribution in [-0.2, 0) is 9.47 Å². The van der Waals surface area contributed by atoms with E-state index in [1.54, 1.807) is 7.11 Å². The Kier molecular flexibility index (Phi) is 5.77. The topological polar surface area (TPSA) is 58.1 Å². The van der Waals surface area contributed by atoms with Crippen LogP contribution in [0.5, 0.6) is 0 Å². The highest BCUT2D eigenvalue weighted by atomic mass is 16.5. The third kappa shape index (κ3) is 4.58. The molecule has 0 amide bonds. The lowest BCUT2D eigenvalue weighted by Crippen LogP contribution is -2.53. The zero-order valence-corrected chi connectivity index (χ0v) is 14.6. The van der Waals surface area contributed by atoms with E-state index in [0.29, 0.717) is 6.04 Å². The van der Waals surface area contributed by atoms with Crippen LogP contribution in [0.25, 0.3) is 0 Å². The molecular formula is C17H32N4O2. The smallest absolute Gasteiger partial charge is 0.191 e. The Bertz CT molecular complexity index is 397. The SMILES string of the molecule is CN=C(NCC1(OC)CCOCC1)NC1CCN(C2CC2)CC1.